The van der Waals surface area contributed by atoms with Gasteiger partial charge in [-0.2, -0.15) is 0 Å². The number of ether oxygens (including phenoxy) is 1. The minimum atomic E-state index is -3.21. The Morgan fingerprint density at radius 2 is 2.12 bits per heavy atom. The number of nitrogen functional groups attached to an aromatic ring is 1. The molecule has 0 spiro atoms. The van der Waals surface area contributed by atoms with Gasteiger partial charge in [0, 0.05) is 25.3 Å². The highest BCUT2D eigenvalue weighted by molar-refractivity contribution is 7.89. The number of nitrogens with zero attached hydrogens (tertiary/aromatic N) is 1. The first-order chi connectivity index (χ1) is 7.95. The first-order valence-corrected chi connectivity index (χ1v) is 6.99. The van der Waals surface area contributed by atoms with Gasteiger partial charge in [0.25, 0.3) is 0 Å². The minimum Gasteiger partial charge on any atom is -0.492 e. The summed E-state index contributed by atoms with van der Waals surface area (Å²) in [7, 11) is -1.66. The van der Waals surface area contributed by atoms with Crippen LogP contribution in [-0.2, 0) is 10.0 Å². The second-order valence-electron chi connectivity index (χ2n) is 3.65. The molecule has 0 saturated carbocycles. The second-order valence-corrected chi connectivity index (χ2v) is 5.85. The maximum atomic E-state index is 11.6. The molecular formula is C11H18N2O3S. The van der Waals surface area contributed by atoms with Crippen molar-refractivity contribution in [2.45, 2.75) is 6.92 Å². The molecule has 0 aliphatic rings. The molecule has 0 amide bonds. The van der Waals surface area contributed by atoms with Crippen molar-refractivity contribution < 1.29 is 13.2 Å². The number of rotatable bonds is 6. The van der Waals surface area contributed by atoms with Crippen molar-refractivity contribution in [2.75, 3.05) is 31.7 Å². The molecule has 1 aromatic rings. The minimum absolute atomic E-state index is 0.0356. The maximum absolute atomic E-state index is 11.6. The van der Waals surface area contributed by atoms with E-state index in [1.54, 1.807) is 38.2 Å². The van der Waals surface area contributed by atoms with Crippen LogP contribution in [0.15, 0.2) is 24.3 Å². The van der Waals surface area contributed by atoms with Gasteiger partial charge < -0.3 is 10.5 Å². The van der Waals surface area contributed by atoms with Crippen molar-refractivity contribution in [3.63, 3.8) is 0 Å². The Morgan fingerprint density at radius 3 is 2.71 bits per heavy atom. The molecule has 0 aliphatic heterocycles. The summed E-state index contributed by atoms with van der Waals surface area (Å²) in [5, 5.41) is 0. The van der Waals surface area contributed by atoms with Gasteiger partial charge in [-0.05, 0) is 12.1 Å². The Balaban J connectivity index is 2.48. The van der Waals surface area contributed by atoms with E-state index >= 15 is 0 Å². The Morgan fingerprint density at radius 1 is 1.41 bits per heavy atom. The third-order valence-electron chi connectivity index (χ3n) is 2.39. The van der Waals surface area contributed by atoms with Crippen LogP contribution in [0.25, 0.3) is 0 Å². The number of hydrogen-bond acceptors (Lipinski definition) is 4. The summed E-state index contributed by atoms with van der Waals surface area (Å²) in [6.45, 7) is 2.37. The number of sulfonamides is 1. The van der Waals surface area contributed by atoms with E-state index in [4.69, 9.17) is 10.5 Å². The standard InChI is InChI=1S/C11H18N2O3S/c1-3-13(2)17(14,15)8-7-16-11-6-4-5-10(12)9-11/h4-6,9H,3,7-8,12H2,1-2H3. The Hall–Kier alpha value is -1.27. The monoisotopic (exact) mass is 258 g/mol. The van der Waals surface area contributed by atoms with E-state index in [-0.39, 0.29) is 12.4 Å². The van der Waals surface area contributed by atoms with Crippen LogP contribution in [0.1, 0.15) is 6.92 Å². The highest BCUT2D eigenvalue weighted by atomic mass is 32.2. The summed E-state index contributed by atoms with van der Waals surface area (Å²) in [4.78, 5) is 0. The van der Waals surface area contributed by atoms with E-state index in [0.717, 1.165) is 0 Å². The van der Waals surface area contributed by atoms with Gasteiger partial charge in [0.15, 0.2) is 0 Å². The van der Waals surface area contributed by atoms with E-state index in [0.29, 0.717) is 18.0 Å². The van der Waals surface area contributed by atoms with Gasteiger partial charge in [0.05, 0.1) is 5.75 Å². The van der Waals surface area contributed by atoms with Crippen molar-refractivity contribution in [2.24, 2.45) is 0 Å². The molecule has 0 aromatic heterocycles. The van der Waals surface area contributed by atoms with Crippen LogP contribution in [-0.4, -0.2) is 38.7 Å². The predicted octanol–water partition coefficient (Wildman–Crippen LogP) is 0.929. The number of anilines is 1. The van der Waals surface area contributed by atoms with Gasteiger partial charge >= 0.3 is 0 Å². The molecule has 0 heterocycles. The summed E-state index contributed by atoms with van der Waals surface area (Å²) in [5.74, 6) is 0.547. The van der Waals surface area contributed by atoms with Crippen molar-refractivity contribution in [3.8, 4) is 5.75 Å². The fraction of sp³-hybridized carbons (Fsp3) is 0.455. The van der Waals surface area contributed by atoms with E-state index in [9.17, 15) is 8.42 Å². The fourth-order valence-electron chi connectivity index (χ4n) is 1.22. The SMILES string of the molecule is CCN(C)S(=O)(=O)CCOc1cccc(N)c1. The molecule has 0 radical (unpaired) electrons. The lowest BCUT2D eigenvalue weighted by Crippen LogP contribution is -2.31. The molecule has 6 heteroatoms. The van der Waals surface area contributed by atoms with Crippen LogP contribution in [0.3, 0.4) is 0 Å². The predicted molar refractivity (Wildman–Crippen MR) is 68.4 cm³/mol. The average molecular weight is 258 g/mol. The summed E-state index contributed by atoms with van der Waals surface area (Å²) in [5.41, 5.74) is 6.17. The highest BCUT2D eigenvalue weighted by Gasteiger charge is 2.15. The molecule has 5 nitrogen and oxygen atoms in total. The molecule has 96 valence electrons. The lowest BCUT2D eigenvalue weighted by molar-refractivity contribution is 0.337. The molecule has 17 heavy (non-hydrogen) atoms. The fourth-order valence-corrected chi connectivity index (χ4v) is 2.22. The van der Waals surface area contributed by atoms with Crippen LogP contribution in [0, 0.1) is 0 Å². The first-order valence-electron chi connectivity index (χ1n) is 5.38. The zero-order valence-electron chi connectivity index (χ0n) is 10.1. The van der Waals surface area contributed by atoms with Gasteiger partial charge in [-0.1, -0.05) is 13.0 Å². The Kier molecular flexibility index (Phi) is 4.77. The molecule has 0 atom stereocenters. The van der Waals surface area contributed by atoms with E-state index < -0.39 is 10.0 Å². The topological polar surface area (TPSA) is 72.6 Å². The van der Waals surface area contributed by atoms with Crippen molar-refractivity contribution in [3.05, 3.63) is 24.3 Å². The van der Waals surface area contributed by atoms with Crippen LogP contribution >= 0.6 is 0 Å². The van der Waals surface area contributed by atoms with Crippen molar-refractivity contribution in [1.82, 2.24) is 4.31 Å². The average Bonchev–Trinajstić information content (AvgIpc) is 2.27. The Bertz CT molecular complexity index is 460. The van der Waals surface area contributed by atoms with Crippen molar-refractivity contribution in [1.29, 1.82) is 0 Å². The van der Waals surface area contributed by atoms with Gasteiger partial charge in [0.2, 0.25) is 10.0 Å². The molecule has 2 N–H and O–H groups in total. The largest absolute Gasteiger partial charge is 0.492 e. The van der Waals surface area contributed by atoms with Gasteiger partial charge in [-0.15, -0.1) is 0 Å². The maximum Gasteiger partial charge on any atom is 0.217 e. The van der Waals surface area contributed by atoms with Gasteiger partial charge in [0.1, 0.15) is 12.4 Å². The zero-order chi connectivity index (χ0) is 12.9. The molecule has 0 saturated heterocycles. The van der Waals surface area contributed by atoms with Crippen LogP contribution in [0.4, 0.5) is 5.69 Å². The first kappa shape index (κ1) is 13.8. The number of hydrogen-bond donors (Lipinski definition) is 1. The summed E-state index contributed by atoms with van der Waals surface area (Å²) >= 11 is 0. The van der Waals surface area contributed by atoms with Crippen LogP contribution < -0.4 is 10.5 Å². The van der Waals surface area contributed by atoms with Gasteiger partial charge in [-0.25, -0.2) is 12.7 Å². The Labute approximate surface area is 102 Å². The molecule has 0 fully saturated rings. The number of benzene rings is 1. The quantitative estimate of drug-likeness (QED) is 0.770. The molecule has 0 unspecified atom stereocenters. The summed E-state index contributed by atoms with van der Waals surface area (Å²) in [6.07, 6.45) is 0. The third kappa shape index (κ3) is 4.24. The second kappa shape index (κ2) is 5.88. The van der Waals surface area contributed by atoms with E-state index in [2.05, 4.69) is 0 Å². The zero-order valence-corrected chi connectivity index (χ0v) is 10.9. The molecule has 1 rings (SSSR count). The smallest absolute Gasteiger partial charge is 0.217 e. The molecule has 0 bridgehead atoms. The normalized spacial score (nSPS) is 11.7. The summed E-state index contributed by atoms with van der Waals surface area (Å²) in [6, 6.07) is 6.91. The molecular weight excluding hydrogens is 240 g/mol. The van der Waals surface area contributed by atoms with Crippen molar-refractivity contribution >= 4 is 15.7 Å². The van der Waals surface area contributed by atoms with Crippen LogP contribution in [0.5, 0.6) is 5.75 Å². The third-order valence-corrected chi connectivity index (χ3v) is 4.28. The molecule has 1 aromatic carbocycles. The molecule has 0 aliphatic carbocycles. The van der Waals surface area contributed by atoms with E-state index in [1.165, 1.54) is 4.31 Å². The summed E-state index contributed by atoms with van der Waals surface area (Å²) < 4.78 is 29.9. The highest BCUT2D eigenvalue weighted by Crippen LogP contribution is 2.14. The van der Waals surface area contributed by atoms with Crippen LogP contribution in [0.2, 0.25) is 0 Å². The lowest BCUT2D eigenvalue weighted by atomic mass is 10.3. The van der Waals surface area contributed by atoms with E-state index in [1.807, 2.05) is 0 Å². The lowest BCUT2D eigenvalue weighted by Gasteiger charge is -2.14. The van der Waals surface area contributed by atoms with Gasteiger partial charge in [-0.3, -0.25) is 0 Å². The number of nitrogens with two attached hydrogens (primary N) is 1.